The number of nitrogens with one attached hydrogen (secondary N) is 1. The molecule has 0 unspecified atom stereocenters. The van der Waals surface area contributed by atoms with Crippen LogP contribution in [0.2, 0.25) is 0 Å². The van der Waals surface area contributed by atoms with E-state index < -0.39 is 5.66 Å². The van der Waals surface area contributed by atoms with Crippen LogP contribution in [0.1, 0.15) is 36.2 Å². The molecule has 0 saturated heterocycles. The molecule has 108 valence electrons. The minimum atomic E-state index is -0.416. The maximum atomic E-state index is 13.0. The van der Waals surface area contributed by atoms with Crippen LogP contribution in [0.4, 0.5) is 11.4 Å². The Labute approximate surface area is 125 Å². The molecule has 0 spiro atoms. The van der Waals surface area contributed by atoms with Gasteiger partial charge in [0.2, 0.25) is 0 Å². The molecule has 0 radical (unpaired) electrons. The third-order valence-corrected chi connectivity index (χ3v) is 4.24. The molecular weight excluding hydrogens is 260 g/mol. The van der Waals surface area contributed by atoms with Crippen LogP contribution < -0.4 is 10.2 Å². The number of anilines is 2. The number of carbonyl (C=O) groups is 1. The molecule has 0 fully saturated rings. The second kappa shape index (κ2) is 4.92. The Kier molecular flexibility index (Phi) is 3.20. The Morgan fingerprint density at radius 3 is 2.43 bits per heavy atom. The number of carbonyl (C=O) groups excluding carboxylic acids is 1. The zero-order valence-corrected chi connectivity index (χ0v) is 12.7. The van der Waals surface area contributed by atoms with Crippen LogP contribution in [0.25, 0.3) is 0 Å². The number of benzene rings is 2. The maximum Gasteiger partial charge on any atom is 0.262 e. The lowest BCUT2D eigenvalue weighted by molar-refractivity contribution is 0.0956. The van der Waals surface area contributed by atoms with Crippen LogP contribution >= 0.6 is 0 Å². The SMILES string of the molecule is CC[C@@]1(C)Nc2ccccc2C(=O)N1c1ccc(C)cc1. The third-order valence-electron chi connectivity index (χ3n) is 4.24. The van der Waals surface area contributed by atoms with Crippen LogP contribution in [0.15, 0.2) is 48.5 Å². The second-order valence-electron chi connectivity index (χ2n) is 5.77. The first-order valence-electron chi connectivity index (χ1n) is 7.33. The molecule has 1 amide bonds. The monoisotopic (exact) mass is 280 g/mol. The van der Waals surface area contributed by atoms with Gasteiger partial charge in [0.05, 0.1) is 5.56 Å². The Morgan fingerprint density at radius 1 is 1.10 bits per heavy atom. The van der Waals surface area contributed by atoms with Gasteiger partial charge in [-0.1, -0.05) is 36.8 Å². The second-order valence-corrected chi connectivity index (χ2v) is 5.77. The normalized spacial score (nSPS) is 20.9. The number of rotatable bonds is 2. The van der Waals surface area contributed by atoms with E-state index in [1.54, 1.807) is 0 Å². The van der Waals surface area contributed by atoms with Gasteiger partial charge >= 0.3 is 0 Å². The molecule has 2 aromatic rings. The molecular formula is C18H20N2O. The highest BCUT2D eigenvalue weighted by atomic mass is 16.2. The van der Waals surface area contributed by atoms with E-state index in [0.29, 0.717) is 0 Å². The predicted octanol–water partition coefficient (Wildman–Crippen LogP) is 4.19. The molecule has 0 aliphatic carbocycles. The molecule has 1 aliphatic heterocycles. The minimum Gasteiger partial charge on any atom is -0.362 e. The molecule has 21 heavy (non-hydrogen) atoms. The quantitative estimate of drug-likeness (QED) is 0.894. The molecule has 0 saturated carbocycles. The molecule has 3 rings (SSSR count). The summed E-state index contributed by atoms with van der Waals surface area (Å²) in [6.45, 7) is 6.21. The average Bonchev–Trinajstić information content (AvgIpc) is 2.49. The van der Waals surface area contributed by atoms with E-state index in [4.69, 9.17) is 0 Å². The van der Waals surface area contributed by atoms with E-state index in [1.165, 1.54) is 5.56 Å². The molecule has 0 aromatic heterocycles. The van der Waals surface area contributed by atoms with Gasteiger partial charge in [0.15, 0.2) is 0 Å². The van der Waals surface area contributed by atoms with Gasteiger partial charge in [0.25, 0.3) is 5.91 Å². The lowest BCUT2D eigenvalue weighted by atomic mass is 9.97. The van der Waals surface area contributed by atoms with Gasteiger partial charge in [-0.05, 0) is 44.5 Å². The van der Waals surface area contributed by atoms with Gasteiger partial charge in [-0.25, -0.2) is 0 Å². The largest absolute Gasteiger partial charge is 0.362 e. The van der Waals surface area contributed by atoms with Crippen molar-refractivity contribution in [1.82, 2.24) is 0 Å². The van der Waals surface area contributed by atoms with Gasteiger partial charge in [-0.2, -0.15) is 0 Å². The molecule has 1 aliphatic rings. The minimum absolute atomic E-state index is 0.0533. The Bertz CT molecular complexity index is 678. The average molecular weight is 280 g/mol. The maximum absolute atomic E-state index is 13.0. The van der Waals surface area contributed by atoms with Gasteiger partial charge < -0.3 is 5.32 Å². The van der Waals surface area contributed by atoms with Crippen molar-refractivity contribution < 1.29 is 4.79 Å². The summed E-state index contributed by atoms with van der Waals surface area (Å²) >= 11 is 0. The molecule has 3 heteroatoms. The van der Waals surface area contributed by atoms with Crippen molar-refractivity contribution in [1.29, 1.82) is 0 Å². The van der Waals surface area contributed by atoms with E-state index in [1.807, 2.05) is 60.4 Å². The predicted molar refractivity (Wildman–Crippen MR) is 86.7 cm³/mol. The van der Waals surface area contributed by atoms with Crippen LogP contribution in [0.3, 0.4) is 0 Å². The number of hydrogen-bond donors (Lipinski definition) is 1. The first-order chi connectivity index (χ1) is 10.0. The molecule has 1 N–H and O–H groups in total. The van der Waals surface area contributed by atoms with Gasteiger partial charge in [0, 0.05) is 11.4 Å². The van der Waals surface area contributed by atoms with Crippen molar-refractivity contribution in [2.24, 2.45) is 0 Å². The number of fused-ring (bicyclic) bond motifs is 1. The number of nitrogens with zero attached hydrogens (tertiary/aromatic N) is 1. The van der Waals surface area contributed by atoms with Crippen LogP contribution in [-0.4, -0.2) is 11.6 Å². The summed E-state index contributed by atoms with van der Waals surface area (Å²) in [6.07, 6.45) is 0.820. The van der Waals surface area contributed by atoms with Crippen molar-refractivity contribution in [3.05, 3.63) is 59.7 Å². The van der Waals surface area contributed by atoms with Crippen LogP contribution in [-0.2, 0) is 0 Å². The summed E-state index contributed by atoms with van der Waals surface area (Å²) in [5.74, 6) is 0.0533. The fraction of sp³-hybridized carbons (Fsp3) is 0.278. The zero-order chi connectivity index (χ0) is 15.0. The fourth-order valence-electron chi connectivity index (χ4n) is 2.81. The third kappa shape index (κ3) is 2.19. The molecule has 1 atom stereocenters. The van der Waals surface area contributed by atoms with E-state index >= 15 is 0 Å². The summed E-state index contributed by atoms with van der Waals surface area (Å²) in [5.41, 5.74) is 3.34. The van der Waals surface area contributed by atoms with E-state index in [9.17, 15) is 4.79 Å². The summed E-state index contributed by atoms with van der Waals surface area (Å²) in [6, 6.07) is 15.8. The number of hydrogen-bond acceptors (Lipinski definition) is 2. The van der Waals surface area contributed by atoms with Crippen molar-refractivity contribution in [2.75, 3.05) is 10.2 Å². The molecule has 2 aromatic carbocycles. The molecule has 0 bridgehead atoms. The van der Waals surface area contributed by atoms with Gasteiger partial charge in [-0.3, -0.25) is 9.69 Å². The Balaban J connectivity index is 2.13. The Hall–Kier alpha value is -2.29. The standard InChI is InChI=1S/C18H20N2O/c1-4-18(3)19-16-8-6-5-7-15(16)17(21)20(18)14-11-9-13(2)10-12-14/h5-12,19H,4H2,1-3H3/t18-/m0/s1. The summed E-state index contributed by atoms with van der Waals surface area (Å²) in [7, 11) is 0. The van der Waals surface area contributed by atoms with Crippen molar-refractivity contribution in [2.45, 2.75) is 32.9 Å². The Morgan fingerprint density at radius 2 is 1.76 bits per heavy atom. The number of para-hydroxylation sites is 1. The lowest BCUT2D eigenvalue weighted by Crippen LogP contribution is -2.58. The molecule has 3 nitrogen and oxygen atoms in total. The van der Waals surface area contributed by atoms with E-state index in [2.05, 4.69) is 19.2 Å². The van der Waals surface area contributed by atoms with Gasteiger partial charge in [0.1, 0.15) is 5.66 Å². The highest BCUT2D eigenvalue weighted by Crippen LogP contribution is 2.36. The van der Waals surface area contributed by atoms with Crippen LogP contribution in [0.5, 0.6) is 0 Å². The molecule has 1 heterocycles. The number of aryl methyl sites for hydroxylation is 1. The number of amides is 1. The highest BCUT2D eigenvalue weighted by Gasteiger charge is 2.40. The van der Waals surface area contributed by atoms with Gasteiger partial charge in [-0.15, -0.1) is 0 Å². The lowest BCUT2D eigenvalue weighted by Gasteiger charge is -2.46. The van der Waals surface area contributed by atoms with Crippen molar-refractivity contribution >= 4 is 17.3 Å². The first kappa shape index (κ1) is 13.7. The van der Waals surface area contributed by atoms with Crippen LogP contribution in [0, 0.1) is 6.92 Å². The summed E-state index contributed by atoms with van der Waals surface area (Å²) in [4.78, 5) is 14.8. The van der Waals surface area contributed by atoms with E-state index in [-0.39, 0.29) is 5.91 Å². The summed E-state index contributed by atoms with van der Waals surface area (Å²) in [5, 5.41) is 3.52. The highest BCUT2D eigenvalue weighted by molar-refractivity contribution is 6.12. The smallest absolute Gasteiger partial charge is 0.262 e. The van der Waals surface area contributed by atoms with E-state index in [0.717, 1.165) is 23.4 Å². The van der Waals surface area contributed by atoms with Crippen molar-refractivity contribution in [3.8, 4) is 0 Å². The topological polar surface area (TPSA) is 32.3 Å². The van der Waals surface area contributed by atoms with Crippen molar-refractivity contribution in [3.63, 3.8) is 0 Å². The first-order valence-corrected chi connectivity index (χ1v) is 7.33. The summed E-state index contributed by atoms with van der Waals surface area (Å²) < 4.78 is 0. The fourth-order valence-corrected chi connectivity index (χ4v) is 2.81. The zero-order valence-electron chi connectivity index (χ0n) is 12.7.